The van der Waals surface area contributed by atoms with Crippen molar-refractivity contribution >= 4 is 58.4 Å². The molecule has 1 aromatic carbocycles. The summed E-state index contributed by atoms with van der Waals surface area (Å²) in [4.78, 5) is 62.0. The van der Waals surface area contributed by atoms with Crippen molar-refractivity contribution in [1.29, 1.82) is 0 Å². The second-order valence-electron chi connectivity index (χ2n) is 6.94. The van der Waals surface area contributed by atoms with Crippen LogP contribution in [0.25, 0.3) is 0 Å². The molecule has 0 saturated carbocycles. The van der Waals surface area contributed by atoms with Gasteiger partial charge in [-0.1, -0.05) is 23.5 Å². The summed E-state index contributed by atoms with van der Waals surface area (Å²) in [6, 6.07) is 7.29. The first-order valence-electron chi connectivity index (χ1n) is 10.4. The lowest BCUT2D eigenvalue weighted by Crippen LogP contribution is -2.33. The number of hydrogen-bond acceptors (Lipinski definition) is 7. The molecule has 8 N–H and O–H groups in total. The van der Waals surface area contributed by atoms with E-state index in [0.717, 1.165) is 23.2 Å². The van der Waals surface area contributed by atoms with Gasteiger partial charge in [0.05, 0.1) is 12.0 Å². The number of benzene rings is 1. The van der Waals surface area contributed by atoms with Crippen molar-refractivity contribution in [1.82, 2.24) is 15.6 Å². The highest BCUT2D eigenvalue weighted by Crippen LogP contribution is 2.24. The molecule has 2 rings (SSSR count). The van der Waals surface area contributed by atoms with E-state index in [1.165, 1.54) is 13.8 Å². The van der Waals surface area contributed by atoms with Gasteiger partial charge in [0, 0.05) is 32.6 Å². The molecule has 1 aromatic heterocycles. The number of nitrogens with one attached hydrogen (secondary N) is 4. The average molecular weight is 522 g/mol. The first-order chi connectivity index (χ1) is 17.0. The largest absolute Gasteiger partial charge is 0.465 e. The van der Waals surface area contributed by atoms with Gasteiger partial charge in [0.2, 0.25) is 11.8 Å². The van der Waals surface area contributed by atoms with Crippen LogP contribution in [-0.4, -0.2) is 64.5 Å². The molecule has 0 fully saturated rings. The third-order valence-electron chi connectivity index (χ3n) is 3.98. The Morgan fingerprint density at radius 2 is 1.61 bits per heavy atom. The number of rotatable bonds is 10. The second kappa shape index (κ2) is 15.4. The zero-order valence-electron chi connectivity index (χ0n) is 19.5. The first kappa shape index (κ1) is 29.5. The number of hydrogen-bond donors (Lipinski definition) is 7. The molecule has 15 heteroatoms. The number of primary amides is 1. The number of aliphatic imine (C=N–C) groups is 1. The van der Waals surface area contributed by atoms with Gasteiger partial charge in [-0.2, -0.15) is 4.99 Å². The molecule has 0 saturated heterocycles. The molecular weight excluding hydrogens is 494 g/mol. The molecule has 0 aliphatic carbocycles. The molecule has 0 aliphatic heterocycles. The maximum absolute atomic E-state index is 12.6. The molecule has 5 amide bonds. The smallest absolute Gasteiger partial charge is 0.432 e. The predicted molar refractivity (Wildman–Crippen MR) is 134 cm³/mol. The lowest BCUT2D eigenvalue weighted by Gasteiger charge is -2.06. The van der Waals surface area contributed by atoms with Crippen molar-refractivity contribution in [3.63, 3.8) is 0 Å². The Morgan fingerprint density at radius 1 is 1.00 bits per heavy atom. The van der Waals surface area contributed by atoms with Crippen LogP contribution in [0.3, 0.4) is 0 Å². The van der Waals surface area contributed by atoms with E-state index < -0.39 is 12.2 Å². The van der Waals surface area contributed by atoms with Crippen molar-refractivity contribution in [3.8, 4) is 0 Å². The van der Waals surface area contributed by atoms with Crippen LogP contribution in [0.4, 0.5) is 20.4 Å². The highest BCUT2D eigenvalue weighted by molar-refractivity contribution is 7.17. The summed E-state index contributed by atoms with van der Waals surface area (Å²) < 4.78 is 0. The standard InChI is InChI=1S/C20H24N6O5S.CH3NO2/c1-12(27)21-9-10-22-18(29)17-16(26-19(32-17)25-13(2)28)8-5-14-3-6-15(7-4-14)23-11-24-20(30)31;2-1(3)4/h3-4,6-7,11H,5,8-10H2,1-2H3,(H,21,27)(H,22,29)(H,23,24)(H,30,31)(H,25,26,28);2H2,(H,3,4). The summed E-state index contributed by atoms with van der Waals surface area (Å²) in [5.41, 5.74) is 6.25. The number of carbonyl (C=O) groups excluding carboxylic acids is 3. The number of aryl methyl sites for hydroxylation is 2. The quantitative estimate of drug-likeness (QED) is 0.136. The minimum atomic E-state index is -1.33. The van der Waals surface area contributed by atoms with Crippen LogP contribution in [0.1, 0.15) is 34.8 Å². The summed E-state index contributed by atoms with van der Waals surface area (Å²) in [5.74, 6) is -0.782. The summed E-state index contributed by atoms with van der Waals surface area (Å²) in [7, 11) is 0. The van der Waals surface area contributed by atoms with Crippen molar-refractivity contribution in [3.05, 3.63) is 40.4 Å². The average Bonchev–Trinajstić information content (AvgIpc) is 3.17. The number of carbonyl (C=O) groups is 5. The number of nitrogens with two attached hydrogens (primary N) is 1. The highest BCUT2D eigenvalue weighted by Gasteiger charge is 2.18. The number of amides is 5. The van der Waals surface area contributed by atoms with E-state index in [4.69, 9.17) is 15.0 Å². The molecule has 0 aliphatic rings. The summed E-state index contributed by atoms with van der Waals surface area (Å²) in [5, 5.41) is 26.7. The molecule has 36 heavy (non-hydrogen) atoms. The number of thiazole rings is 1. The molecule has 2 aromatic rings. The van der Waals surface area contributed by atoms with Gasteiger partial charge in [0.1, 0.15) is 4.88 Å². The molecule has 0 atom stereocenters. The van der Waals surface area contributed by atoms with Crippen LogP contribution in [0.2, 0.25) is 0 Å². The van der Waals surface area contributed by atoms with Crippen LogP contribution in [0.5, 0.6) is 0 Å². The van der Waals surface area contributed by atoms with Gasteiger partial charge in [0.25, 0.3) is 5.91 Å². The molecule has 0 bridgehead atoms. The molecule has 0 spiro atoms. The molecule has 0 radical (unpaired) electrons. The van der Waals surface area contributed by atoms with Gasteiger partial charge in [-0.25, -0.2) is 14.6 Å². The van der Waals surface area contributed by atoms with Crippen LogP contribution < -0.4 is 27.0 Å². The van der Waals surface area contributed by atoms with E-state index in [-0.39, 0.29) is 24.3 Å². The lowest BCUT2D eigenvalue weighted by atomic mass is 10.1. The fourth-order valence-corrected chi connectivity index (χ4v) is 3.56. The Balaban J connectivity index is 0.00000150. The molecular formula is C21H27N7O7S. The zero-order valence-corrected chi connectivity index (χ0v) is 20.3. The Hall–Kier alpha value is -4.53. The molecule has 14 nitrogen and oxygen atoms in total. The van der Waals surface area contributed by atoms with Gasteiger partial charge in [-0.3, -0.25) is 14.4 Å². The van der Waals surface area contributed by atoms with Crippen molar-refractivity contribution < 1.29 is 34.2 Å². The molecule has 194 valence electrons. The number of anilines is 2. The Kier molecular flexibility index (Phi) is 12.6. The normalized spacial score (nSPS) is 10.1. The zero-order chi connectivity index (χ0) is 27.1. The first-order valence-corrected chi connectivity index (χ1v) is 11.2. The van der Waals surface area contributed by atoms with Gasteiger partial charge in [-0.05, 0) is 30.5 Å². The highest BCUT2D eigenvalue weighted by atomic mass is 32.1. The predicted octanol–water partition coefficient (Wildman–Crippen LogP) is 1.49. The van der Waals surface area contributed by atoms with Crippen LogP contribution >= 0.6 is 11.3 Å². The Bertz CT molecular complexity index is 1100. The van der Waals surface area contributed by atoms with E-state index in [2.05, 4.69) is 37.0 Å². The van der Waals surface area contributed by atoms with E-state index in [9.17, 15) is 19.2 Å². The maximum Gasteiger partial charge on any atom is 0.432 e. The van der Waals surface area contributed by atoms with Crippen molar-refractivity contribution in [2.75, 3.05) is 23.7 Å². The lowest BCUT2D eigenvalue weighted by molar-refractivity contribution is -0.119. The third kappa shape index (κ3) is 12.6. The second-order valence-corrected chi connectivity index (χ2v) is 7.93. The van der Waals surface area contributed by atoms with Crippen LogP contribution in [0.15, 0.2) is 29.3 Å². The van der Waals surface area contributed by atoms with E-state index >= 15 is 0 Å². The fraction of sp³-hybridized carbons (Fsp3) is 0.286. The molecule has 0 unspecified atom stereocenters. The Labute approximate surface area is 210 Å². The van der Waals surface area contributed by atoms with E-state index in [0.29, 0.717) is 40.8 Å². The third-order valence-corrected chi connectivity index (χ3v) is 4.99. The number of nitrogens with zero attached hydrogens (tertiary/aromatic N) is 2. The van der Waals surface area contributed by atoms with E-state index in [1.54, 1.807) is 12.1 Å². The van der Waals surface area contributed by atoms with Gasteiger partial charge >= 0.3 is 12.2 Å². The Morgan fingerprint density at radius 3 is 2.17 bits per heavy atom. The minimum absolute atomic E-state index is 0.180. The van der Waals surface area contributed by atoms with Crippen molar-refractivity contribution in [2.45, 2.75) is 26.7 Å². The van der Waals surface area contributed by atoms with Crippen molar-refractivity contribution in [2.24, 2.45) is 10.7 Å². The van der Waals surface area contributed by atoms with Crippen LogP contribution in [0, 0.1) is 0 Å². The maximum atomic E-state index is 12.6. The van der Waals surface area contributed by atoms with E-state index in [1.807, 2.05) is 12.1 Å². The molecule has 1 heterocycles. The fourth-order valence-electron chi connectivity index (χ4n) is 2.59. The SMILES string of the molecule is CC(=O)NCCNC(=O)c1sc(NC(C)=O)nc1CCc1ccc(NC=NC(=O)O)cc1.NC(=O)O. The van der Waals surface area contributed by atoms with Gasteiger partial charge in [0.15, 0.2) is 5.13 Å². The van der Waals surface area contributed by atoms with Gasteiger partial charge in [-0.15, -0.1) is 0 Å². The van der Waals surface area contributed by atoms with Gasteiger partial charge < -0.3 is 37.2 Å². The topological polar surface area (TPSA) is 225 Å². The van der Waals surface area contributed by atoms with Crippen LogP contribution in [-0.2, 0) is 22.4 Å². The number of carboxylic acid groups (broad SMARTS) is 2. The number of aromatic nitrogens is 1. The summed E-state index contributed by atoms with van der Waals surface area (Å²) >= 11 is 1.09. The summed E-state index contributed by atoms with van der Waals surface area (Å²) in [6.45, 7) is 3.34. The monoisotopic (exact) mass is 521 g/mol. The minimum Gasteiger partial charge on any atom is -0.465 e. The summed E-state index contributed by atoms with van der Waals surface area (Å²) in [6.07, 6.45) is -0.463.